The number of anilines is 1. The van der Waals surface area contributed by atoms with Crippen LogP contribution < -0.4 is 4.90 Å². The normalized spacial score (nSPS) is 15.1. The van der Waals surface area contributed by atoms with Crippen LogP contribution in [0.15, 0.2) is 30.3 Å². The third-order valence-electron chi connectivity index (χ3n) is 5.98. The van der Waals surface area contributed by atoms with Crippen molar-refractivity contribution in [2.45, 2.75) is 26.7 Å². The maximum Gasteiger partial charge on any atom is 0.274 e. The van der Waals surface area contributed by atoms with Gasteiger partial charge in [0.05, 0.1) is 5.69 Å². The molecule has 0 N–H and O–H groups in total. The predicted molar refractivity (Wildman–Crippen MR) is 114 cm³/mol. The van der Waals surface area contributed by atoms with Crippen molar-refractivity contribution < 1.29 is 4.79 Å². The van der Waals surface area contributed by atoms with E-state index in [-0.39, 0.29) is 5.91 Å². The van der Waals surface area contributed by atoms with Gasteiger partial charge in [0.15, 0.2) is 11.5 Å². The molecule has 0 bridgehead atoms. The van der Waals surface area contributed by atoms with Crippen LogP contribution >= 0.6 is 0 Å². The molecule has 1 amide bonds. The first kappa shape index (κ1) is 19.4. The number of aromatic nitrogens is 4. The summed E-state index contributed by atoms with van der Waals surface area (Å²) in [6.07, 6.45) is 2.06. The Kier molecular flexibility index (Phi) is 5.22. The van der Waals surface area contributed by atoms with E-state index in [4.69, 9.17) is 0 Å². The molecule has 4 rings (SSSR count). The predicted octanol–water partition coefficient (Wildman–Crippen LogP) is 2.97. The SMILES string of the molecule is Cc1nnc(N2CCC(CN(C)C(=O)c3cc(C)n(C)n3)CC2)c2ccccc12. The first-order valence-electron chi connectivity index (χ1n) is 10.2. The lowest BCUT2D eigenvalue weighted by Crippen LogP contribution is -2.40. The average molecular weight is 393 g/mol. The fraction of sp³-hybridized carbons (Fsp3) is 0.455. The Labute approximate surface area is 171 Å². The third kappa shape index (κ3) is 3.81. The fourth-order valence-corrected chi connectivity index (χ4v) is 4.12. The lowest BCUT2D eigenvalue weighted by Gasteiger charge is -2.34. The van der Waals surface area contributed by atoms with Gasteiger partial charge >= 0.3 is 0 Å². The summed E-state index contributed by atoms with van der Waals surface area (Å²) in [5, 5.41) is 15.5. The van der Waals surface area contributed by atoms with Crippen LogP contribution in [0.2, 0.25) is 0 Å². The fourth-order valence-electron chi connectivity index (χ4n) is 4.12. The Bertz CT molecular complexity index is 1020. The molecule has 0 aliphatic carbocycles. The van der Waals surface area contributed by atoms with E-state index in [1.807, 2.05) is 45.0 Å². The number of hydrogen-bond donors (Lipinski definition) is 0. The van der Waals surface area contributed by atoms with Crippen molar-refractivity contribution in [3.63, 3.8) is 0 Å². The molecular weight excluding hydrogens is 364 g/mol. The number of benzene rings is 1. The molecule has 0 spiro atoms. The lowest BCUT2D eigenvalue weighted by atomic mass is 9.96. The van der Waals surface area contributed by atoms with E-state index < -0.39 is 0 Å². The maximum absolute atomic E-state index is 12.7. The van der Waals surface area contributed by atoms with Gasteiger partial charge in [-0.15, -0.1) is 5.10 Å². The molecule has 1 aliphatic heterocycles. The van der Waals surface area contributed by atoms with Crippen LogP contribution in [-0.4, -0.2) is 57.5 Å². The van der Waals surface area contributed by atoms with Crippen molar-refractivity contribution in [3.05, 3.63) is 47.4 Å². The minimum absolute atomic E-state index is 0.00785. The highest BCUT2D eigenvalue weighted by atomic mass is 16.2. The van der Waals surface area contributed by atoms with Crippen molar-refractivity contribution >= 4 is 22.5 Å². The number of aryl methyl sites for hydroxylation is 3. The molecule has 7 nitrogen and oxygen atoms in total. The van der Waals surface area contributed by atoms with Gasteiger partial charge in [0.1, 0.15) is 0 Å². The van der Waals surface area contributed by atoms with Gasteiger partial charge in [0, 0.05) is 50.2 Å². The Balaban J connectivity index is 1.40. The first-order valence-corrected chi connectivity index (χ1v) is 10.2. The van der Waals surface area contributed by atoms with Crippen LogP contribution in [0.5, 0.6) is 0 Å². The van der Waals surface area contributed by atoms with Crippen LogP contribution in [-0.2, 0) is 7.05 Å². The van der Waals surface area contributed by atoms with Crippen LogP contribution in [0.25, 0.3) is 10.8 Å². The summed E-state index contributed by atoms with van der Waals surface area (Å²) in [5.74, 6) is 1.44. The first-order chi connectivity index (χ1) is 13.9. The zero-order valence-electron chi connectivity index (χ0n) is 17.6. The smallest absolute Gasteiger partial charge is 0.274 e. The summed E-state index contributed by atoms with van der Waals surface area (Å²) in [5.41, 5.74) is 2.47. The molecule has 1 saturated heterocycles. The molecule has 3 aromatic rings. The molecule has 0 atom stereocenters. The average Bonchev–Trinajstić information content (AvgIpc) is 3.07. The number of hydrogen-bond acceptors (Lipinski definition) is 5. The number of carbonyl (C=O) groups excluding carboxylic acids is 1. The molecule has 1 fully saturated rings. The van der Waals surface area contributed by atoms with E-state index in [9.17, 15) is 4.79 Å². The molecule has 1 aliphatic rings. The monoisotopic (exact) mass is 392 g/mol. The van der Waals surface area contributed by atoms with Gasteiger partial charge in [-0.3, -0.25) is 9.48 Å². The van der Waals surface area contributed by atoms with Gasteiger partial charge in [0.2, 0.25) is 0 Å². The summed E-state index contributed by atoms with van der Waals surface area (Å²) in [7, 11) is 3.73. The summed E-state index contributed by atoms with van der Waals surface area (Å²) >= 11 is 0. The van der Waals surface area contributed by atoms with Crippen LogP contribution in [0.4, 0.5) is 5.82 Å². The topological polar surface area (TPSA) is 67.2 Å². The Morgan fingerprint density at radius 2 is 1.83 bits per heavy atom. The van der Waals surface area contributed by atoms with Gasteiger partial charge in [0.25, 0.3) is 5.91 Å². The van der Waals surface area contributed by atoms with Gasteiger partial charge in [-0.05, 0) is 38.7 Å². The van der Waals surface area contributed by atoms with Crippen molar-refractivity contribution in [2.75, 3.05) is 31.6 Å². The van der Waals surface area contributed by atoms with Crippen molar-refractivity contribution in [1.29, 1.82) is 0 Å². The third-order valence-corrected chi connectivity index (χ3v) is 5.98. The highest BCUT2D eigenvalue weighted by Gasteiger charge is 2.25. The van der Waals surface area contributed by atoms with Crippen LogP contribution in [0.3, 0.4) is 0 Å². The molecule has 2 aromatic heterocycles. The number of rotatable bonds is 4. The minimum Gasteiger partial charge on any atom is -0.355 e. The highest BCUT2D eigenvalue weighted by Crippen LogP contribution is 2.29. The van der Waals surface area contributed by atoms with Gasteiger partial charge < -0.3 is 9.80 Å². The lowest BCUT2D eigenvalue weighted by molar-refractivity contribution is 0.0758. The highest BCUT2D eigenvalue weighted by molar-refractivity contribution is 5.93. The number of piperidine rings is 1. The van der Waals surface area contributed by atoms with E-state index in [1.165, 1.54) is 0 Å². The zero-order valence-corrected chi connectivity index (χ0v) is 17.6. The van der Waals surface area contributed by atoms with Crippen molar-refractivity contribution in [1.82, 2.24) is 24.9 Å². The molecule has 7 heteroatoms. The Morgan fingerprint density at radius 1 is 1.14 bits per heavy atom. The second-order valence-corrected chi connectivity index (χ2v) is 8.07. The maximum atomic E-state index is 12.7. The summed E-state index contributed by atoms with van der Waals surface area (Å²) < 4.78 is 1.74. The van der Waals surface area contributed by atoms with Crippen LogP contribution in [0, 0.1) is 19.8 Å². The van der Waals surface area contributed by atoms with E-state index >= 15 is 0 Å². The van der Waals surface area contributed by atoms with Crippen LogP contribution in [0.1, 0.15) is 34.7 Å². The van der Waals surface area contributed by atoms with Gasteiger partial charge in [-0.25, -0.2) is 0 Å². The Morgan fingerprint density at radius 3 is 2.48 bits per heavy atom. The minimum atomic E-state index is -0.00785. The van der Waals surface area contributed by atoms with Crippen molar-refractivity contribution in [2.24, 2.45) is 13.0 Å². The molecule has 0 saturated carbocycles. The molecule has 3 heterocycles. The number of carbonyl (C=O) groups is 1. The van der Waals surface area contributed by atoms with E-state index in [0.717, 1.165) is 60.5 Å². The van der Waals surface area contributed by atoms with Gasteiger partial charge in [-0.2, -0.15) is 10.2 Å². The Hall–Kier alpha value is -2.96. The molecule has 29 heavy (non-hydrogen) atoms. The number of amides is 1. The summed E-state index contributed by atoms with van der Waals surface area (Å²) in [4.78, 5) is 16.8. The largest absolute Gasteiger partial charge is 0.355 e. The standard InChI is InChI=1S/C22H28N6O/c1-15-13-20(25-27(15)4)22(29)26(3)14-17-9-11-28(12-10-17)21-19-8-6-5-7-18(19)16(2)23-24-21/h5-8,13,17H,9-12,14H2,1-4H3. The molecule has 0 unspecified atom stereocenters. The quantitative estimate of drug-likeness (QED) is 0.683. The van der Waals surface area contributed by atoms with E-state index in [2.05, 4.69) is 38.4 Å². The zero-order chi connectivity index (χ0) is 20.5. The number of nitrogens with zero attached hydrogens (tertiary/aromatic N) is 6. The molecule has 0 radical (unpaired) electrons. The summed E-state index contributed by atoms with van der Waals surface area (Å²) in [6, 6.07) is 10.2. The van der Waals surface area contributed by atoms with E-state index in [0.29, 0.717) is 11.6 Å². The second-order valence-electron chi connectivity index (χ2n) is 8.07. The van der Waals surface area contributed by atoms with E-state index in [1.54, 1.807) is 4.68 Å². The number of fused-ring (bicyclic) bond motifs is 1. The summed E-state index contributed by atoms with van der Waals surface area (Å²) in [6.45, 7) is 6.56. The van der Waals surface area contributed by atoms with Gasteiger partial charge in [-0.1, -0.05) is 24.3 Å². The second kappa shape index (κ2) is 7.81. The van der Waals surface area contributed by atoms with Crippen molar-refractivity contribution in [3.8, 4) is 0 Å². The molecule has 1 aromatic carbocycles. The molecule has 152 valence electrons. The molecular formula is C22H28N6O.